The number of aromatic nitrogens is 5. The van der Waals surface area contributed by atoms with Crippen molar-refractivity contribution in [3.05, 3.63) is 65.2 Å². The summed E-state index contributed by atoms with van der Waals surface area (Å²) in [5.74, 6) is 0.624. The molecule has 31 heavy (non-hydrogen) atoms. The van der Waals surface area contributed by atoms with Crippen LogP contribution in [0.4, 0.5) is 17.3 Å². The van der Waals surface area contributed by atoms with Gasteiger partial charge in [-0.3, -0.25) is 14.7 Å². The molecule has 4 aromatic rings. The van der Waals surface area contributed by atoms with Gasteiger partial charge < -0.3 is 16.0 Å². The summed E-state index contributed by atoms with van der Waals surface area (Å²) >= 11 is 0. The predicted molar refractivity (Wildman–Crippen MR) is 117 cm³/mol. The van der Waals surface area contributed by atoms with Gasteiger partial charge in [-0.15, -0.1) is 0 Å². The number of nitrogens with zero attached hydrogens (tertiary/aromatic N) is 4. The molecule has 0 aliphatic heterocycles. The van der Waals surface area contributed by atoms with Crippen LogP contribution in [-0.2, 0) is 0 Å². The lowest BCUT2D eigenvalue weighted by molar-refractivity contribution is 0.0954. The van der Waals surface area contributed by atoms with E-state index in [0.717, 1.165) is 16.8 Å². The summed E-state index contributed by atoms with van der Waals surface area (Å²) < 4.78 is 1.62. The Morgan fingerprint density at radius 1 is 1.16 bits per heavy atom. The first-order valence-electron chi connectivity index (χ1n) is 9.77. The normalized spacial score (nSPS) is 10.8. The Morgan fingerprint density at radius 3 is 2.74 bits per heavy atom. The molecule has 3 aromatic heterocycles. The number of hydrogen-bond donors (Lipinski definition) is 4. The molecule has 3 heterocycles. The number of carbonyl (C=O) groups excluding carboxylic acids is 2. The summed E-state index contributed by atoms with van der Waals surface area (Å²) in [6.07, 6.45) is 4.66. The standard InChI is InChI=1S/C21H22N8O2/c1-4-22-21(31)15-10-29-18(13(15)3)19(23-11-25-29)26-16-9-14(6-5-12(16)2)20(30)27-17-7-8-24-28-17/h5-11H,4H2,1-3H3,(H,22,31)(H,23,25,26)(H2,24,27,28,30). The highest BCUT2D eigenvalue weighted by Gasteiger charge is 2.18. The predicted octanol–water partition coefficient (Wildman–Crippen LogP) is 2.81. The minimum absolute atomic E-state index is 0.162. The van der Waals surface area contributed by atoms with Crippen LogP contribution in [0, 0.1) is 13.8 Å². The van der Waals surface area contributed by atoms with Crippen LogP contribution in [0.15, 0.2) is 43.0 Å². The minimum Gasteiger partial charge on any atom is -0.352 e. The molecule has 4 N–H and O–H groups in total. The Morgan fingerprint density at radius 2 is 2.00 bits per heavy atom. The number of benzene rings is 1. The third kappa shape index (κ3) is 3.95. The average Bonchev–Trinajstić information content (AvgIpc) is 3.38. The van der Waals surface area contributed by atoms with Gasteiger partial charge in [0.05, 0.1) is 11.8 Å². The number of rotatable bonds is 6. The van der Waals surface area contributed by atoms with E-state index in [2.05, 4.69) is 36.2 Å². The van der Waals surface area contributed by atoms with Gasteiger partial charge in [0.15, 0.2) is 5.82 Å². The van der Waals surface area contributed by atoms with Crippen LogP contribution < -0.4 is 16.0 Å². The number of H-pyrrole nitrogens is 1. The molecule has 0 atom stereocenters. The summed E-state index contributed by atoms with van der Waals surface area (Å²) in [5.41, 5.74) is 4.12. The van der Waals surface area contributed by atoms with Gasteiger partial charge in [-0.25, -0.2) is 9.50 Å². The summed E-state index contributed by atoms with van der Waals surface area (Å²) in [6, 6.07) is 7.03. The average molecular weight is 418 g/mol. The Balaban J connectivity index is 1.67. The van der Waals surface area contributed by atoms with E-state index >= 15 is 0 Å². The number of amides is 2. The van der Waals surface area contributed by atoms with Crippen molar-refractivity contribution in [2.24, 2.45) is 0 Å². The van der Waals surface area contributed by atoms with E-state index in [0.29, 0.717) is 34.8 Å². The highest BCUT2D eigenvalue weighted by atomic mass is 16.2. The molecule has 0 aliphatic rings. The first kappa shape index (κ1) is 20.1. The summed E-state index contributed by atoms with van der Waals surface area (Å²) in [7, 11) is 0. The maximum atomic E-state index is 12.6. The van der Waals surface area contributed by atoms with Crippen molar-refractivity contribution in [2.75, 3.05) is 17.2 Å². The first-order valence-corrected chi connectivity index (χ1v) is 9.77. The Kier molecular flexibility index (Phi) is 5.35. The lowest BCUT2D eigenvalue weighted by Crippen LogP contribution is -2.22. The second-order valence-electron chi connectivity index (χ2n) is 7.01. The topological polar surface area (TPSA) is 129 Å². The maximum Gasteiger partial charge on any atom is 0.256 e. The van der Waals surface area contributed by atoms with E-state index in [4.69, 9.17) is 0 Å². The largest absolute Gasteiger partial charge is 0.352 e. The van der Waals surface area contributed by atoms with Crippen molar-refractivity contribution in [3.8, 4) is 0 Å². The van der Waals surface area contributed by atoms with E-state index in [-0.39, 0.29) is 11.8 Å². The van der Waals surface area contributed by atoms with E-state index in [1.807, 2.05) is 26.8 Å². The van der Waals surface area contributed by atoms with Crippen molar-refractivity contribution >= 4 is 34.7 Å². The quantitative estimate of drug-likeness (QED) is 0.381. The van der Waals surface area contributed by atoms with Crippen LogP contribution in [0.2, 0.25) is 0 Å². The van der Waals surface area contributed by atoms with Crippen molar-refractivity contribution in [1.82, 2.24) is 30.1 Å². The molecule has 0 saturated heterocycles. The molecule has 0 fully saturated rings. The number of carbonyl (C=O) groups is 2. The van der Waals surface area contributed by atoms with Crippen molar-refractivity contribution in [1.29, 1.82) is 0 Å². The fraction of sp³-hybridized carbons (Fsp3) is 0.190. The molecule has 10 nitrogen and oxygen atoms in total. The highest BCUT2D eigenvalue weighted by molar-refractivity contribution is 6.04. The van der Waals surface area contributed by atoms with Crippen LogP contribution >= 0.6 is 0 Å². The van der Waals surface area contributed by atoms with Gasteiger partial charge in [-0.1, -0.05) is 6.07 Å². The highest BCUT2D eigenvalue weighted by Crippen LogP contribution is 2.27. The molecule has 0 aliphatic carbocycles. The molecule has 2 amide bonds. The van der Waals surface area contributed by atoms with E-state index in [1.54, 1.807) is 35.1 Å². The molecule has 158 valence electrons. The van der Waals surface area contributed by atoms with Gasteiger partial charge in [0.1, 0.15) is 17.7 Å². The zero-order valence-corrected chi connectivity index (χ0v) is 17.4. The minimum atomic E-state index is -0.266. The molecule has 10 heteroatoms. The lowest BCUT2D eigenvalue weighted by Gasteiger charge is -2.12. The van der Waals surface area contributed by atoms with Gasteiger partial charge in [0.2, 0.25) is 0 Å². The molecular weight excluding hydrogens is 396 g/mol. The van der Waals surface area contributed by atoms with E-state index in [9.17, 15) is 9.59 Å². The molecular formula is C21H22N8O2. The Labute approximate surface area is 178 Å². The molecule has 0 spiro atoms. The van der Waals surface area contributed by atoms with E-state index < -0.39 is 0 Å². The molecule has 0 bridgehead atoms. The van der Waals surface area contributed by atoms with Crippen molar-refractivity contribution in [2.45, 2.75) is 20.8 Å². The third-order valence-corrected chi connectivity index (χ3v) is 4.91. The number of anilines is 3. The number of hydrogen-bond acceptors (Lipinski definition) is 6. The second-order valence-corrected chi connectivity index (χ2v) is 7.01. The zero-order chi connectivity index (χ0) is 22.0. The fourth-order valence-electron chi connectivity index (χ4n) is 3.28. The van der Waals surface area contributed by atoms with Crippen LogP contribution in [0.3, 0.4) is 0 Å². The summed E-state index contributed by atoms with van der Waals surface area (Å²) in [4.78, 5) is 29.3. The smallest absolute Gasteiger partial charge is 0.256 e. The maximum absolute atomic E-state index is 12.6. The SMILES string of the molecule is CCNC(=O)c1cn2ncnc(Nc3cc(C(=O)Nc4ccn[nH]4)ccc3C)c2c1C. The first-order chi connectivity index (χ1) is 15.0. The molecule has 0 unspecified atom stereocenters. The monoisotopic (exact) mass is 418 g/mol. The molecule has 0 saturated carbocycles. The van der Waals surface area contributed by atoms with Crippen LogP contribution in [0.5, 0.6) is 0 Å². The number of aromatic amines is 1. The Bertz CT molecular complexity index is 1260. The molecule has 4 rings (SSSR count). The molecule has 0 radical (unpaired) electrons. The van der Waals surface area contributed by atoms with Gasteiger partial charge in [0, 0.05) is 30.1 Å². The zero-order valence-electron chi connectivity index (χ0n) is 17.4. The van der Waals surface area contributed by atoms with Gasteiger partial charge >= 0.3 is 0 Å². The fourth-order valence-corrected chi connectivity index (χ4v) is 3.28. The van der Waals surface area contributed by atoms with Crippen LogP contribution in [0.1, 0.15) is 38.8 Å². The van der Waals surface area contributed by atoms with Gasteiger partial charge in [-0.05, 0) is 44.0 Å². The van der Waals surface area contributed by atoms with Crippen LogP contribution in [-0.4, -0.2) is 43.2 Å². The van der Waals surface area contributed by atoms with Gasteiger partial charge in [0.25, 0.3) is 11.8 Å². The number of aryl methyl sites for hydroxylation is 2. The summed E-state index contributed by atoms with van der Waals surface area (Å²) in [5, 5.41) is 19.6. The van der Waals surface area contributed by atoms with E-state index in [1.165, 1.54) is 6.33 Å². The van der Waals surface area contributed by atoms with Crippen molar-refractivity contribution in [3.63, 3.8) is 0 Å². The molecule has 1 aromatic carbocycles. The van der Waals surface area contributed by atoms with Gasteiger partial charge in [-0.2, -0.15) is 10.2 Å². The van der Waals surface area contributed by atoms with Crippen molar-refractivity contribution < 1.29 is 9.59 Å². The lowest BCUT2D eigenvalue weighted by atomic mass is 10.1. The van der Waals surface area contributed by atoms with Crippen LogP contribution in [0.25, 0.3) is 5.52 Å². The third-order valence-electron chi connectivity index (χ3n) is 4.91. The second kappa shape index (κ2) is 8.27. The Hall–Kier alpha value is -4.21. The number of nitrogens with one attached hydrogen (secondary N) is 4. The number of fused-ring (bicyclic) bond motifs is 1. The summed E-state index contributed by atoms with van der Waals surface area (Å²) in [6.45, 7) is 6.19.